The lowest BCUT2D eigenvalue weighted by molar-refractivity contribution is 0.0613. The number of aromatic hydroxyl groups is 1. The molecule has 0 spiro atoms. The van der Waals surface area contributed by atoms with Crippen molar-refractivity contribution in [1.82, 2.24) is 0 Å². The van der Waals surface area contributed by atoms with Gasteiger partial charge in [-0.05, 0) is 32.2 Å². The van der Waals surface area contributed by atoms with Crippen molar-refractivity contribution in [2.24, 2.45) is 0 Å². The van der Waals surface area contributed by atoms with Gasteiger partial charge in [0.25, 0.3) is 0 Å². The van der Waals surface area contributed by atoms with E-state index < -0.39 is 5.60 Å². The fourth-order valence-corrected chi connectivity index (χ4v) is 2.32. The van der Waals surface area contributed by atoms with Crippen LogP contribution in [0.3, 0.4) is 0 Å². The molecule has 0 aromatic heterocycles. The predicted molar refractivity (Wildman–Crippen MR) is 63.5 cm³/mol. The van der Waals surface area contributed by atoms with Crippen LogP contribution in [-0.2, 0) is 0 Å². The zero-order valence-corrected chi connectivity index (χ0v) is 10.4. The Labute approximate surface area is 98.8 Å². The minimum Gasteiger partial charge on any atom is -0.507 e. The van der Waals surface area contributed by atoms with Crippen LogP contribution in [0.1, 0.15) is 30.6 Å². The van der Waals surface area contributed by atoms with Crippen molar-refractivity contribution in [3.63, 3.8) is 0 Å². The first-order chi connectivity index (χ1) is 7.43. The second-order valence-electron chi connectivity index (χ2n) is 4.48. The van der Waals surface area contributed by atoms with Gasteiger partial charge in [0.15, 0.2) is 5.78 Å². The first kappa shape index (κ1) is 11.3. The third-order valence-corrected chi connectivity index (χ3v) is 3.25. The number of carbonyl (C=O) groups excluding carboxylic acids is 1. The molecular weight excluding hydrogens is 224 g/mol. The lowest BCUT2D eigenvalue weighted by atomic mass is 9.92. The molecule has 2 rings (SSSR count). The molecule has 0 aliphatic carbocycles. The van der Waals surface area contributed by atoms with E-state index in [4.69, 9.17) is 4.74 Å². The Balaban J connectivity index is 2.56. The molecule has 0 amide bonds. The Morgan fingerprint density at radius 1 is 1.44 bits per heavy atom. The summed E-state index contributed by atoms with van der Waals surface area (Å²) in [6.07, 6.45) is 2.21. The van der Waals surface area contributed by atoms with E-state index in [1.165, 1.54) is 11.8 Å². The predicted octanol–water partition coefficient (Wildman–Crippen LogP) is 2.86. The Morgan fingerprint density at radius 3 is 2.75 bits per heavy atom. The summed E-state index contributed by atoms with van der Waals surface area (Å²) in [6.45, 7) is 3.74. The fourth-order valence-electron chi connectivity index (χ4n) is 1.86. The van der Waals surface area contributed by atoms with Crippen LogP contribution in [-0.4, -0.2) is 22.7 Å². The topological polar surface area (TPSA) is 46.5 Å². The first-order valence-corrected chi connectivity index (χ1v) is 6.28. The molecular formula is C12H14O3S. The largest absolute Gasteiger partial charge is 0.507 e. The van der Waals surface area contributed by atoms with Gasteiger partial charge in [-0.1, -0.05) is 0 Å². The molecule has 0 saturated heterocycles. The average Bonchev–Trinajstić information content (AvgIpc) is 2.13. The van der Waals surface area contributed by atoms with Crippen molar-refractivity contribution in [3.8, 4) is 11.5 Å². The molecule has 1 aromatic rings. The minimum atomic E-state index is -0.493. The highest BCUT2D eigenvalue weighted by atomic mass is 32.2. The van der Waals surface area contributed by atoms with E-state index in [9.17, 15) is 9.90 Å². The summed E-state index contributed by atoms with van der Waals surface area (Å²) in [5, 5.41) is 9.79. The monoisotopic (exact) mass is 238 g/mol. The molecule has 1 heterocycles. The maximum atomic E-state index is 11.9. The molecule has 1 aliphatic rings. The van der Waals surface area contributed by atoms with Crippen LogP contribution in [0.5, 0.6) is 11.5 Å². The highest BCUT2D eigenvalue weighted by Gasteiger charge is 2.34. The van der Waals surface area contributed by atoms with Crippen LogP contribution in [0, 0.1) is 0 Å². The van der Waals surface area contributed by atoms with Crippen LogP contribution in [0.2, 0.25) is 0 Å². The van der Waals surface area contributed by atoms with E-state index in [0.29, 0.717) is 17.7 Å². The lowest BCUT2D eigenvalue weighted by Crippen LogP contribution is -2.35. The maximum absolute atomic E-state index is 11.9. The number of hydrogen-bond donors (Lipinski definition) is 1. The van der Waals surface area contributed by atoms with E-state index in [1.807, 2.05) is 20.1 Å². The number of ether oxygens (including phenoxy) is 1. The summed E-state index contributed by atoms with van der Waals surface area (Å²) in [4.78, 5) is 12.8. The molecule has 1 N–H and O–H groups in total. The summed E-state index contributed by atoms with van der Waals surface area (Å²) >= 11 is 1.51. The Bertz CT molecular complexity index is 452. The van der Waals surface area contributed by atoms with Crippen LogP contribution in [0.25, 0.3) is 0 Å². The SMILES string of the molecule is CSc1cc(O)c2c(c1)OC(C)(C)CC2=O. The first-order valence-electron chi connectivity index (χ1n) is 5.06. The van der Waals surface area contributed by atoms with E-state index in [2.05, 4.69) is 0 Å². The number of rotatable bonds is 1. The molecule has 0 atom stereocenters. The number of fused-ring (bicyclic) bond motifs is 1. The number of phenols is 1. The molecule has 4 heteroatoms. The lowest BCUT2D eigenvalue weighted by Gasteiger charge is -2.32. The third-order valence-electron chi connectivity index (χ3n) is 2.54. The number of thioether (sulfide) groups is 1. The highest BCUT2D eigenvalue weighted by Crippen LogP contribution is 2.40. The fraction of sp³-hybridized carbons (Fsp3) is 0.417. The minimum absolute atomic E-state index is 0.0161. The normalized spacial score (nSPS) is 17.8. The molecule has 16 heavy (non-hydrogen) atoms. The smallest absolute Gasteiger partial charge is 0.174 e. The maximum Gasteiger partial charge on any atom is 0.174 e. The van der Waals surface area contributed by atoms with Crippen LogP contribution >= 0.6 is 11.8 Å². The molecule has 0 unspecified atom stereocenters. The van der Waals surface area contributed by atoms with Gasteiger partial charge >= 0.3 is 0 Å². The van der Waals surface area contributed by atoms with Gasteiger partial charge in [-0.3, -0.25) is 4.79 Å². The standard InChI is InChI=1S/C12H14O3S/c1-12(2)6-9(14)11-8(13)4-7(16-3)5-10(11)15-12/h4-5,13H,6H2,1-3H3. The van der Waals surface area contributed by atoms with E-state index in [0.717, 1.165) is 4.90 Å². The van der Waals surface area contributed by atoms with Crippen molar-refractivity contribution < 1.29 is 14.6 Å². The summed E-state index contributed by atoms with van der Waals surface area (Å²) in [7, 11) is 0. The van der Waals surface area contributed by atoms with Crippen molar-refractivity contribution in [1.29, 1.82) is 0 Å². The number of ketones is 1. The van der Waals surface area contributed by atoms with Crippen LogP contribution < -0.4 is 4.74 Å². The number of phenolic OH excluding ortho intramolecular Hbond substituents is 1. The van der Waals surface area contributed by atoms with Gasteiger partial charge in [0, 0.05) is 4.90 Å². The van der Waals surface area contributed by atoms with Gasteiger partial charge in [-0.25, -0.2) is 0 Å². The van der Waals surface area contributed by atoms with E-state index in [1.54, 1.807) is 12.1 Å². The van der Waals surface area contributed by atoms with Crippen LogP contribution in [0.15, 0.2) is 17.0 Å². The van der Waals surface area contributed by atoms with Crippen LogP contribution in [0.4, 0.5) is 0 Å². The number of hydrogen-bond acceptors (Lipinski definition) is 4. The van der Waals surface area contributed by atoms with Crippen molar-refractivity contribution in [3.05, 3.63) is 17.7 Å². The molecule has 3 nitrogen and oxygen atoms in total. The summed E-state index contributed by atoms with van der Waals surface area (Å²) in [5.41, 5.74) is -0.176. The van der Waals surface area contributed by atoms with E-state index in [-0.39, 0.29) is 11.5 Å². The molecule has 86 valence electrons. The van der Waals surface area contributed by atoms with Crippen molar-refractivity contribution >= 4 is 17.5 Å². The summed E-state index contributed by atoms with van der Waals surface area (Å²) in [5.74, 6) is 0.448. The average molecular weight is 238 g/mol. The Kier molecular flexibility index (Phi) is 2.62. The van der Waals surface area contributed by atoms with Gasteiger partial charge < -0.3 is 9.84 Å². The second kappa shape index (κ2) is 3.70. The number of benzene rings is 1. The van der Waals surface area contributed by atoms with Gasteiger partial charge in [0.2, 0.25) is 0 Å². The quantitative estimate of drug-likeness (QED) is 0.764. The summed E-state index contributed by atoms with van der Waals surface area (Å²) in [6, 6.07) is 3.40. The van der Waals surface area contributed by atoms with Gasteiger partial charge in [0.05, 0.1) is 6.42 Å². The second-order valence-corrected chi connectivity index (χ2v) is 5.36. The third kappa shape index (κ3) is 1.89. The number of carbonyl (C=O) groups is 1. The molecule has 0 saturated carbocycles. The van der Waals surface area contributed by atoms with Gasteiger partial charge in [-0.2, -0.15) is 0 Å². The Morgan fingerprint density at radius 2 is 2.12 bits per heavy atom. The molecule has 0 fully saturated rings. The zero-order valence-electron chi connectivity index (χ0n) is 9.53. The highest BCUT2D eigenvalue weighted by molar-refractivity contribution is 7.98. The van der Waals surface area contributed by atoms with Crippen molar-refractivity contribution in [2.75, 3.05) is 6.26 Å². The molecule has 1 aromatic carbocycles. The van der Waals surface area contributed by atoms with E-state index >= 15 is 0 Å². The molecule has 1 aliphatic heterocycles. The molecule has 0 bridgehead atoms. The zero-order chi connectivity index (χ0) is 11.9. The van der Waals surface area contributed by atoms with Gasteiger partial charge in [-0.15, -0.1) is 11.8 Å². The summed E-state index contributed by atoms with van der Waals surface area (Å²) < 4.78 is 5.72. The van der Waals surface area contributed by atoms with Gasteiger partial charge in [0.1, 0.15) is 22.7 Å². The molecule has 0 radical (unpaired) electrons. The Hall–Kier alpha value is -1.16. The number of Topliss-reactive ketones (excluding diaryl/α,β-unsaturated/α-hetero) is 1. The van der Waals surface area contributed by atoms with Crippen molar-refractivity contribution in [2.45, 2.75) is 30.8 Å².